The van der Waals surface area contributed by atoms with Gasteiger partial charge in [0, 0.05) is 17.1 Å². The topological polar surface area (TPSA) is 29.3 Å². The summed E-state index contributed by atoms with van der Waals surface area (Å²) in [6, 6.07) is 8.39. The van der Waals surface area contributed by atoms with Crippen molar-refractivity contribution in [1.29, 1.82) is 0 Å². The fourth-order valence-corrected chi connectivity index (χ4v) is 3.12. The van der Waals surface area contributed by atoms with Crippen molar-refractivity contribution in [2.24, 2.45) is 11.7 Å². The highest BCUT2D eigenvalue weighted by Gasteiger charge is 2.13. The van der Waals surface area contributed by atoms with Gasteiger partial charge in [-0.3, -0.25) is 0 Å². The standard InChI is InChI=1S/C17H29BrN2/c1-4-14(5-2)13-20(6-3)12-11-17(19)15-9-7-8-10-16(15)18/h7-10,14,17H,4-6,11-13,19H2,1-3H3. The van der Waals surface area contributed by atoms with Crippen LogP contribution in [0.15, 0.2) is 28.7 Å². The van der Waals surface area contributed by atoms with Gasteiger partial charge in [-0.2, -0.15) is 0 Å². The van der Waals surface area contributed by atoms with E-state index in [4.69, 9.17) is 5.73 Å². The molecule has 0 saturated heterocycles. The van der Waals surface area contributed by atoms with Crippen LogP contribution >= 0.6 is 15.9 Å². The quantitative estimate of drug-likeness (QED) is 0.711. The normalized spacial score (nSPS) is 13.2. The summed E-state index contributed by atoms with van der Waals surface area (Å²) in [5, 5.41) is 0. The van der Waals surface area contributed by atoms with E-state index in [-0.39, 0.29) is 6.04 Å². The number of hydrogen-bond acceptors (Lipinski definition) is 2. The van der Waals surface area contributed by atoms with Crippen molar-refractivity contribution in [2.75, 3.05) is 19.6 Å². The predicted molar refractivity (Wildman–Crippen MR) is 91.9 cm³/mol. The SMILES string of the molecule is CCC(CC)CN(CC)CCC(N)c1ccccc1Br. The highest BCUT2D eigenvalue weighted by atomic mass is 79.9. The van der Waals surface area contributed by atoms with Gasteiger partial charge in [0.15, 0.2) is 0 Å². The van der Waals surface area contributed by atoms with Crippen LogP contribution in [0.2, 0.25) is 0 Å². The molecule has 0 aliphatic carbocycles. The maximum absolute atomic E-state index is 6.34. The molecule has 0 spiro atoms. The van der Waals surface area contributed by atoms with Gasteiger partial charge >= 0.3 is 0 Å². The third kappa shape index (κ3) is 5.55. The van der Waals surface area contributed by atoms with Gasteiger partial charge in [0.2, 0.25) is 0 Å². The molecule has 0 aromatic heterocycles. The predicted octanol–water partition coefficient (Wildman–Crippen LogP) is 4.60. The molecule has 3 heteroatoms. The zero-order chi connectivity index (χ0) is 15.0. The molecular weight excluding hydrogens is 312 g/mol. The smallest absolute Gasteiger partial charge is 0.0318 e. The van der Waals surface area contributed by atoms with Crippen molar-refractivity contribution in [1.82, 2.24) is 4.90 Å². The van der Waals surface area contributed by atoms with Gasteiger partial charge in [0.1, 0.15) is 0 Å². The molecule has 2 N–H and O–H groups in total. The Kier molecular flexibility index (Phi) is 8.43. The maximum atomic E-state index is 6.34. The second kappa shape index (κ2) is 9.54. The number of nitrogens with zero attached hydrogens (tertiary/aromatic N) is 1. The summed E-state index contributed by atoms with van der Waals surface area (Å²) < 4.78 is 1.12. The van der Waals surface area contributed by atoms with Crippen molar-refractivity contribution >= 4 is 15.9 Å². The molecule has 0 aliphatic heterocycles. The molecule has 0 radical (unpaired) electrons. The third-order valence-corrected chi connectivity index (χ3v) is 4.90. The van der Waals surface area contributed by atoms with E-state index in [2.05, 4.69) is 59.8 Å². The summed E-state index contributed by atoms with van der Waals surface area (Å²) in [7, 11) is 0. The number of nitrogens with two attached hydrogens (primary N) is 1. The summed E-state index contributed by atoms with van der Waals surface area (Å²) in [6.45, 7) is 10.2. The van der Waals surface area contributed by atoms with Crippen LogP contribution in [0.5, 0.6) is 0 Å². The summed E-state index contributed by atoms with van der Waals surface area (Å²) in [6.07, 6.45) is 3.54. The van der Waals surface area contributed by atoms with Gasteiger partial charge in [0.05, 0.1) is 0 Å². The van der Waals surface area contributed by atoms with Crippen LogP contribution in [0.1, 0.15) is 51.6 Å². The van der Waals surface area contributed by atoms with Crippen LogP contribution in [0, 0.1) is 5.92 Å². The van der Waals surface area contributed by atoms with Crippen LogP contribution in [0.25, 0.3) is 0 Å². The molecule has 0 heterocycles. The molecule has 0 bridgehead atoms. The minimum atomic E-state index is 0.112. The minimum absolute atomic E-state index is 0.112. The largest absolute Gasteiger partial charge is 0.324 e. The first-order valence-corrected chi connectivity index (χ1v) is 8.63. The number of hydrogen-bond donors (Lipinski definition) is 1. The fourth-order valence-electron chi connectivity index (χ4n) is 2.54. The van der Waals surface area contributed by atoms with Gasteiger partial charge in [-0.05, 0) is 37.1 Å². The molecular formula is C17H29BrN2. The van der Waals surface area contributed by atoms with Gasteiger partial charge < -0.3 is 10.6 Å². The maximum Gasteiger partial charge on any atom is 0.0318 e. The summed E-state index contributed by atoms with van der Waals surface area (Å²) >= 11 is 3.59. The van der Waals surface area contributed by atoms with Crippen LogP contribution in [-0.4, -0.2) is 24.5 Å². The molecule has 114 valence electrons. The van der Waals surface area contributed by atoms with Crippen molar-refractivity contribution in [3.05, 3.63) is 34.3 Å². The Morgan fingerprint density at radius 1 is 1.15 bits per heavy atom. The Balaban J connectivity index is 2.49. The molecule has 1 atom stereocenters. The zero-order valence-electron chi connectivity index (χ0n) is 13.1. The fraction of sp³-hybridized carbons (Fsp3) is 0.647. The molecule has 1 aromatic rings. The lowest BCUT2D eigenvalue weighted by Gasteiger charge is -2.26. The number of halogens is 1. The minimum Gasteiger partial charge on any atom is -0.324 e. The van der Waals surface area contributed by atoms with Crippen LogP contribution in [0.4, 0.5) is 0 Å². The van der Waals surface area contributed by atoms with Gasteiger partial charge in [0.25, 0.3) is 0 Å². The first kappa shape index (κ1) is 17.7. The summed E-state index contributed by atoms with van der Waals surface area (Å²) in [5.41, 5.74) is 7.55. The molecule has 2 nitrogen and oxygen atoms in total. The lowest BCUT2D eigenvalue weighted by atomic mass is 10.0. The Morgan fingerprint density at radius 3 is 2.35 bits per heavy atom. The van der Waals surface area contributed by atoms with Crippen LogP contribution in [-0.2, 0) is 0 Å². The lowest BCUT2D eigenvalue weighted by Crippen LogP contribution is -2.32. The van der Waals surface area contributed by atoms with E-state index in [1.807, 2.05) is 6.07 Å². The van der Waals surface area contributed by atoms with Crippen molar-refractivity contribution in [3.63, 3.8) is 0 Å². The molecule has 1 rings (SSSR count). The lowest BCUT2D eigenvalue weighted by molar-refractivity contribution is 0.226. The second-order valence-electron chi connectivity index (χ2n) is 5.49. The highest BCUT2D eigenvalue weighted by molar-refractivity contribution is 9.10. The molecule has 1 unspecified atom stereocenters. The van der Waals surface area contributed by atoms with E-state index < -0.39 is 0 Å². The van der Waals surface area contributed by atoms with E-state index in [0.717, 1.165) is 29.9 Å². The van der Waals surface area contributed by atoms with E-state index >= 15 is 0 Å². The summed E-state index contributed by atoms with van der Waals surface area (Å²) in [5.74, 6) is 0.814. The first-order valence-electron chi connectivity index (χ1n) is 7.84. The molecule has 0 aliphatic rings. The van der Waals surface area contributed by atoms with Gasteiger partial charge in [-0.25, -0.2) is 0 Å². The molecule has 20 heavy (non-hydrogen) atoms. The van der Waals surface area contributed by atoms with Crippen molar-refractivity contribution in [3.8, 4) is 0 Å². The van der Waals surface area contributed by atoms with E-state index in [1.165, 1.54) is 24.9 Å². The molecule has 0 fully saturated rings. The average molecular weight is 341 g/mol. The Morgan fingerprint density at radius 2 is 1.80 bits per heavy atom. The van der Waals surface area contributed by atoms with Crippen molar-refractivity contribution in [2.45, 2.75) is 46.1 Å². The average Bonchev–Trinajstić information content (AvgIpc) is 2.48. The monoisotopic (exact) mass is 340 g/mol. The molecule has 0 amide bonds. The van der Waals surface area contributed by atoms with Gasteiger partial charge in [-0.15, -0.1) is 0 Å². The van der Waals surface area contributed by atoms with E-state index in [1.54, 1.807) is 0 Å². The first-order chi connectivity index (χ1) is 9.62. The van der Waals surface area contributed by atoms with E-state index in [0.29, 0.717) is 0 Å². The van der Waals surface area contributed by atoms with Gasteiger partial charge in [-0.1, -0.05) is 67.7 Å². The molecule has 0 saturated carbocycles. The Labute approximate surface area is 132 Å². The molecule has 1 aromatic carbocycles. The Hall–Kier alpha value is -0.380. The second-order valence-corrected chi connectivity index (χ2v) is 6.35. The van der Waals surface area contributed by atoms with Crippen LogP contribution in [0.3, 0.4) is 0 Å². The number of benzene rings is 1. The summed E-state index contributed by atoms with van der Waals surface area (Å²) in [4.78, 5) is 2.54. The Bertz CT molecular complexity index is 377. The number of rotatable bonds is 9. The highest BCUT2D eigenvalue weighted by Crippen LogP contribution is 2.24. The zero-order valence-corrected chi connectivity index (χ0v) is 14.7. The third-order valence-electron chi connectivity index (χ3n) is 4.18. The van der Waals surface area contributed by atoms with Crippen molar-refractivity contribution < 1.29 is 0 Å². The van der Waals surface area contributed by atoms with E-state index in [9.17, 15) is 0 Å². The van der Waals surface area contributed by atoms with Crippen LogP contribution < -0.4 is 5.73 Å².